The molecule has 0 unspecified atom stereocenters. The quantitative estimate of drug-likeness (QED) is 0.542. The first-order valence-electron chi connectivity index (χ1n) is 7.22. The summed E-state index contributed by atoms with van der Waals surface area (Å²) >= 11 is 1.49. The van der Waals surface area contributed by atoms with E-state index in [2.05, 4.69) is 10.2 Å². The lowest BCUT2D eigenvalue weighted by atomic mass is 10.1. The number of hydrogen-bond donors (Lipinski definition) is 1. The van der Waals surface area contributed by atoms with Gasteiger partial charge in [0.1, 0.15) is 0 Å². The molecule has 2 N–H and O–H groups in total. The predicted octanol–water partition coefficient (Wildman–Crippen LogP) is 2.87. The van der Waals surface area contributed by atoms with Crippen molar-refractivity contribution in [2.24, 2.45) is 0 Å². The average molecular weight is 346 g/mol. The minimum atomic E-state index is 0.492. The summed E-state index contributed by atoms with van der Waals surface area (Å²) < 4.78 is 17.4. The third-order valence-corrected chi connectivity index (χ3v) is 4.60. The van der Waals surface area contributed by atoms with Gasteiger partial charge in [-0.1, -0.05) is 11.8 Å². The van der Waals surface area contributed by atoms with Crippen LogP contribution in [-0.4, -0.2) is 29.1 Å². The molecule has 2 heterocycles. The van der Waals surface area contributed by atoms with Gasteiger partial charge in [0, 0.05) is 5.75 Å². The molecule has 0 aliphatic carbocycles. The highest BCUT2D eigenvalue weighted by Crippen LogP contribution is 2.33. The molecule has 3 aromatic rings. The van der Waals surface area contributed by atoms with E-state index in [0.717, 1.165) is 11.1 Å². The number of rotatable bonds is 6. The number of aromatic nitrogens is 3. The van der Waals surface area contributed by atoms with E-state index >= 15 is 0 Å². The van der Waals surface area contributed by atoms with Crippen LogP contribution in [0.15, 0.2) is 40.1 Å². The Morgan fingerprint density at radius 2 is 1.96 bits per heavy atom. The molecule has 0 bridgehead atoms. The number of thioether (sulfide) groups is 1. The molecular weight excluding hydrogens is 328 g/mol. The Morgan fingerprint density at radius 3 is 2.62 bits per heavy atom. The van der Waals surface area contributed by atoms with Crippen LogP contribution in [0, 0.1) is 6.92 Å². The van der Waals surface area contributed by atoms with Gasteiger partial charge in [-0.25, -0.2) is 4.68 Å². The third kappa shape index (κ3) is 3.05. The molecular formula is C16H18N4O3S. The van der Waals surface area contributed by atoms with E-state index in [0.29, 0.717) is 34.0 Å². The number of benzene rings is 1. The third-order valence-electron chi connectivity index (χ3n) is 3.60. The highest BCUT2D eigenvalue weighted by Gasteiger charge is 2.15. The van der Waals surface area contributed by atoms with E-state index in [-0.39, 0.29) is 0 Å². The van der Waals surface area contributed by atoms with Crippen LogP contribution in [0.5, 0.6) is 11.5 Å². The Bertz CT molecular complexity index is 830. The maximum Gasteiger partial charge on any atom is 0.218 e. The van der Waals surface area contributed by atoms with E-state index in [1.54, 1.807) is 32.6 Å². The minimum absolute atomic E-state index is 0.492. The molecule has 7 nitrogen and oxygen atoms in total. The van der Waals surface area contributed by atoms with Crippen LogP contribution in [0.25, 0.3) is 11.6 Å². The average Bonchev–Trinajstić information content (AvgIpc) is 3.23. The Kier molecular flexibility index (Phi) is 4.66. The van der Waals surface area contributed by atoms with Gasteiger partial charge < -0.3 is 19.7 Å². The monoisotopic (exact) mass is 346 g/mol. The van der Waals surface area contributed by atoms with Crippen molar-refractivity contribution in [1.82, 2.24) is 14.9 Å². The molecule has 0 atom stereocenters. The minimum Gasteiger partial charge on any atom is -0.493 e. The van der Waals surface area contributed by atoms with Gasteiger partial charge >= 0.3 is 0 Å². The maximum absolute atomic E-state index is 6.06. The summed E-state index contributed by atoms with van der Waals surface area (Å²) in [5.74, 6) is 9.23. The van der Waals surface area contributed by atoms with Gasteiger partial charge in [-0.3, -0.25) is 0 Å². The van der Waals surface area contributed by atoms with Crippen molar-refractivity contribution in [3.8, 4) is 23.1 Å². The first-order chi connectivity index (χ1) is 11.6. The summed E-state index contributed by atoms with van der Waals surface area (Å²) in [5.41, 5.74) is 2.22. The summed E-state index contributed by atoms with van der Waals surface area (Å²) in [4.78, 5) is 0. The van der Waals surface area contributed by atoms with Crippen LogP contribution in [0.3, 0.4) is 0 Å². The standard InChI is InChI=1S/C16H18N4O3S/c1-10-7-13(21-2)14(22-3)8-11(10)9-24-16-19-18-15(20(16)17)12-5-4-6-23-12/h4-8H,9,17H2,1-3H3. The Balaban J connectivity index is 1.79. The zero-order valence-corrected chi connectivity index (χ0v) is 14.5. The molecule has 0 spiro atoms. The lowest BCUT2D eigenvalue weighted by Crippen LogP contribution is -2.11. The predicted molar refractivity (Wildman–Crippen MR) is 91.7 cm³/mol. The number of nitrogens with zero attached hydrogens (tertiary/aromatic N) is 3. The van der Waals surface area contributed by atoms with E-state index in [9.17, 15) is 0 Å². The lowest BCUT2D eigenvalue weighted by molar-refractivity contribution is 0.354. The Hall–Kier alpha value is -2.61. The van der Waals surface area contributed by atoms with Crippen LogP contribution >= 0.6 is 11.8 Å². The van der Waals surface area contributed by atoms with Crippen molar-refractivity contribution in [2.45, 2.75) is 17.8 Å². The van der Waals surface area contributed by atoms with Crippen molar-refractivity contribution in [2.75, 3.05) is 20.1 Å². The van der Waals surface area contributed by atoms with Crippen LogP contribution in [0.4, 0.5) is 0 Å². The molecule has 0 radical (unpaired) electrons. The molecule has 2 aromatic heterocycles. The number of nitrogen functional groups attached to an aromatic ring is 1. The highest BCUT2D eigenvalue weighted by atomic mass is 32.2. The van der Waals surface area contributed by atoms with Gasteiger partial charge in [0.15, 0.2) is 17.3 Å². The Morgan fingerprint density at radius 1 is 1.21 bits per heavy atom. The zero-order valence-electron chi connectivity index (χ0n) is 13.6. The first-order valence-corrected chi connectivity index (χ1v) is 8.21. The summed E-state index contributed by atoms with van der Waals surface area (Å²) in [6.07, 6.45) is 1.57. The smallest absolute Gasteiger partial charge is 0.218 e. The maximum atomic E-state index is 6.06. The summed E-state index contributed by atoms with van der Waals surface area (Å²) in [6, 6.07) is 7.49. The number of ether oxygens (including phenoxy) is 2. The van der Waals surface area contributed by atoms with Crippen LogP contribution < -0.4 is 15.3 Å². The molecule has 0 saturated carbocycles. The fourth-order valence-corrected chi connectivity index (χ4v) is 3.19. The van der Waals surface area contributed by atoms with Crippen molar-refractivity contribution in [3.05, 3.63) is 41.7 Å². The first kappa shape index (κ1) is 16.3. The number of hydrogen-bond acceptors (Lipinski definition) is 7. The van der Waals surface area contributed by atoms with Gasteiger partial charge in [-0.2, -0.15) is 0 Å². The fourth-order valence-electron chi connectivity index (χ4n) is 2.27. The summed E-state index contributed by atoms with van der Waals surface area (Å²) in [7, 11) is 3.25. The zero-order chi connectivity index (χ0) is 17.1. The van der Waals surface area contributed by atoms with Gasteiger partial charge in [-0.05, 0) is 42.3 Å². The topological polar surface area (TPSA) is 88.3 Å². The molecule has 0 fully saturated rings. The molecule has 24 heavy (non-hydrogen) atoms. The molecule has 3 rings (SSSR count). The second kappa shape index (κ2) is 6.88. The largest absolute Gasteiger partial charge is 0.493 e. The molecule has 8 heteroatoms. The molecule has 126 valence electrons. The number of methoxy groups -OCH3 is 2. The highest BCUT2D eigenvalue weighted by molar-refractivity contribution is 7.98. The van der Waals surface area contributed by atoms with Gasteiger partial charge in [-0.15, -0.1) is 10.2 Å². The van der Waals surface area contributed by atoms with Crippen molar-refractivity contribution in [1.29, 1.82) is 0 Å². The van der Waals surface area contributed by atoms with E-state index in [1.807, 2.05) is 19.1 Å². The lowest BCUT2D eigenvalue weighted by Gasteiger charge is -2.12. The van der Waals surface area contributed by atoms with Gasteiger partial charge in [0.2, 0.25) is 11.0 Å². The second-order valence-corrected chi connectivity index (χ2v) is 6.02. The van der Waals surface area contributed by atoms with E-state index < -0.39 is 0 Å². The van der Waals surface area contributed by atoms with Gasteiger partial charge in [0.05, 0.1) is 20.5 Å². The number of nitrogens with two attached hydrogens (primary N) is 1. The van der Waals surface area contributed by atoms with E-state index in [1.165, 1.54) is 16.4 Å². The normalized spacial score (nSPS) is 10.8. The van der Waals surface area contributed by atoms with E-state index in [4.69, 9.17) is 19.7 Å². The fraction of sp³-hybridized carbons (Fsp3) is 0.250. The van der Waals surface area contributed by atoms with Gasteiger partial charge in [0.25, 0.3) is 0 Å². The van der Waals surface area contributed by atoms with Crippen molar-refractivity contribution >= 4 is 11.8 Å². The van der Waals surface area contributed by atoms with Crippen molar-refractivity contribution in [3.63, 3.8) is 0 Å². The molecule has 0 saturated heterocycles. The second-order valence-electron chi connectivity index (χ2n) is 5.08. The summed E-state index contributed by atoms with van der Waals surface area (Å²) in [5, 5.41) is 8.82. The SMILES string of the molecule is COc1cc(C)c(CSc2nnc(-c3ccco3)n2N)cc1OC. The summed E-state index contributed by atoms with van der Waals surface area (Å²) in [6.45, 7) is 2.03. The molecule has 0 aliphatic rings. The van der Waals surface area contributed by atoms with Crippen LogP contribution in [-0.2, 0) is 5.75 Å². The van der Waals surface area contributed by atoms with Crippen LogP contribution in [0.1, 0.15) is 11.1 Å². The van der Waals surface area contributed by atoms with Crippen LogP contribution in [0.2, 0.25) is 0 Å². The van der Waals surface area contributed by atoms with Crippen molar-refractivity contribution < 1.29 is 13.9 Å². The molecule has 1 aromatic carbocycles. The number of aryl methyl sites for hydroxylation is 1. The molecule has 0 amide bonds. The Labute approximate surface area is 143 Å². The number of furan rings is 1. The molecule has 0 aliphatic heterocycles.